The van der Waals surface area contributed by atoms with Crippen molar-refractivity contribution in [2.75, 3.05) is 13.1 Å². The number of nitrogens with zero attached hydrogens (tertiary/aromatic N) is 1. The van der Waals surface area contributed by atoms with E-state index in [0.717, 1.165) is 6.42 Å². The number of hydrogen-bond acceptors (Lipinski definition) is 3. The van der Waals surface area contributed by atoms with Crippen molar-refractivity contribution in [3.63, 3.8) is 0 Å². The van der Waals surface area contributed by atoms with Crippen molar-refractivity contribution in [3.05, 3.63) is 24.2 Å². The second-order valence-corrected chi connectivity index (χ2v) is 5.69. The summed E-state index contributed by atoms with van der Waals surface area (Å²) in [6.07, 6.45) is 3.47. The van der Waals surface area contributed by atoms with E-state index in [-0.39, 0.29) is 18.6 Å². The normalized spacial score (nSPS) is 23.0. The average molecular weight is 294 g/mol. The zero-order valence-electron chi connectivity index (χ0n) is 12.5. The highest BCUT2D eigenvalue weighted by molar-refractivity contribution is 5.80. The maximum atomic E-state index is 12.2. The molecule has 1 aliphatic rings. The monoisotopic (exact) mass is 294 g/mol. The van der Waals surface area contributed by atoms with Crippen LogP contribution in [-0.2, 0) is 4.79 Å². The molecule has 1 aliphatic heterocycles. The Hall–Kier alpha value is -1.98. The standard InChI is InChI=1S/C15H22N2O4/c1-3-6-15(13(18)19)7-8-17(10-15)14(20)16-11(2)12-5-4-9-21-12/h4-5,9,11H,3,6-8,10H2,1-2H3,(H,16,20)(H,18,19). The highest BCUT2D eigenvalue weighted by Crippen LogP contribution is 2.35. The lowest BCUT2D eigenvalue weighted by atomic mass is 9.83. The lowest BCUT2D eigenvalue weighted by molar-refractivity contribution is -0.148. The molecule has 2 unspecified atom stereocenters. The van der Waals surface area contributed by atoms with Gasteiger partial charge in [0.15, 0.2) is 0 Å². The van der Waals surface area contributed by atoms with Gasteiger partial charge in [0.25, 0.3) is 0 Å². The predicted octanol–water partition coefficient (Wildman–Crippen LogP) is 2.63. The number of hydrogen-bond donors (Lipinski definition) is 2. The fourth-order valence-corrected chi connectivity index (χ4v) is 2.90. The summed E-state index contributed by atoms with van der Waals surface area (Å²) in [7, 11) is 0. The second-order valence-electron chi connectivity index (χ2n) is 5.69. The number of furan rings is 1. The Balaban J connectivity index is 1.97. The van der Waals surface area contributed by atoms with Crippen LogP contribution < -0.4 is 5.32 Å². The fraction of sp³-hybridized carbons (Fsp3) is 0.600. The lowest BCUT2D eigenvalue weighted by Crippen LogP contribution is -2.42. The average Bonchev–Trinajstić information content (AvgIpc) is 3.09. The Labute approximate surface area is 124 Å². The largest absolute Gasteiger partial charge is 0.481 e. The van der Waals surface area contributed by atoms with Crippen LogP contribution in [0, 0.1) is 5.41 Å². The van der Waals surface area contributed by atoms with Gasteiger partial charge in [-0.05, 0) is 31.9 Å². The third-order valence-electron chi connectivity index (χ3n) is 4.13. The third-order valence-corrected chi connectivity index (χ3v) is 4.13. The number of amides is 2. The summed E-state index contributed by atoms with van der Waals surface area (Å²) in [4.78, 5) is 25.3. The van der Waals surface area contributed by atoms with Gasteiger partial charge >= 0.3 is 12.0 Å². The van der Waals surface area contributed by atoms with Crippen molar-refractivity contribution in [1.82, 2.24) is 10.2 Å². The van der Waals surface area contributed by atoms with E-state index in [1.54, 1.807) is 23.3 Å². The summed E-state index contributed by atoms with van der Waals surface area (Å²) in [6.45, 7) is 4.55. The molecule has 1 fully saturated rings. The molecule has 0 aliphatic carbocycles. The summed E-state index contributed by atoms with van der Waals surface area (Å²) < 4.78 is 5.25. The molecule has 2 heterocycles. The van der Waals surface area contributed by atoms with E-state index in [2.05, 4.69) is 5.32 Å². The molecule has 2 rings (SSSR count). The lowest BCUT2D eigenvalue weighted by Gasteiger charge is -2.25. The summed E-state index contributed by atoms with van der Waals surface area (Å²) >= 11 is 0. The number of rotatable bonds is 5. The molecule has 116 valence electrons. The van der Waals surface area contributed by atoms with E-state index >= 15 is 0 Å². The smallest absolute Gasteiger partial charge is 0.318 e. The Morgan fingerprint density at radius 1 is 1.57 bits per heavy atom. The zero-order chi connectivity index (χ0) is 15.5. The Morgan fingerprint density at radius 3 is 2.90 bits per heavy atom. The molecule has 0 bridgehead atoms. The SMILES string of the molecule is CCCC1(C(=O)O)CCN(C(=O)NC(C)c2ccco2)C1. The molecular formula is C15H22N2O4. The quantitative estimate of drug-likeness (QED) is 0.874. The highest BCUT2D eigenvalue weighted by Gasteiger charge is 2.45. The van der Waals surface area contributed by atoms with Gasteiger partial charge in [-0.25, -0.2) is 4.79 Å². The van der Waals surface area contributed by atoms with Crippen molar-refractivity contribution >= 4 is 12.0 Å². The maximum Gasteiger partial charge on any atom is 0.318 e. The van der Waals surface area contributed by atoms with Crippen molar-refractivity contribution in [2.45, 2.75) is 39.2 Å². The van der Waals surface area contributed by atoms with E-state index in [9.17, 15) is 14.7 Å². The molecule has 1 aromatic rings. The van der Waals surface area contributed by atoms with Crippen molar-refractivity contribution in [1.29, 1.82) is 0 Å². The van der Waals surface area contributed by atoms with Crippen LogP contribution in [-0.4, -0.2) is 35.1 Å². The minimum Gasteiger partial charge on any atom is -0.481 e. The molecule has 21 heavy (non-hydrogen) atoms. The number of carbonyl (C=O) groups excluding carboxylic acids is 1. The molecule has 6 nitrogen and oxygen atoms in total. The van der Waals surface area contributed by atoms with Crippen molar-refractivity contribution < 1.29 is 19.1 Å². The second kappa shape index (κ2) is 6.20. The van der Waals surface area contributed by atoms with E-state index in [0.29, 0.717) is 25.1 Å². The van der Waals surface area contributed by atoms with Gasteiger partial charge in [-0.1, -0.05) is 13.3 Å². The predicted molar refractivity (Wildman–Crippen MR) is 76.8 cm³/mol. The van der Waals surface area contributed by atoms with Gasteiger partial charge in [-0.2, -0.15) is 0 Å². The van der Waals surface area contributed by atoms with Crippen molar-refractivity contribution in [3.8, 4) is 0 Å². The number of likely N-dealkylation sites (tertiary alicyclic amines) is 1. The fourth-order valence-electron chi connectivity index (χ4n) is 2.90. The van der Waals surface area contributed by atoms with Gasteiger partial charge in [-0.15, -0.1) is 0 Å². The third kappa shape index (κ3) is 3.20. The Bertz CT molecular complexity index is 500. The van der Waals surface area contributed by atoms with E-state index in [4.69, 9.17) is 4.42 Å². The maximum absolute atomic E-state index is 12.2. The minimum atomic E-state index is -0.807. The van der Waals surface area contributed by atoms with Crippen LogP contribution in [0.15, 0.2) is 22.8 Å². The van der Waals surface area contributed by atoms with E-state index < -0.39 is 11.4 Å². The highest BCUT2D eigenvalue weighted by atomic mass is 16.4. The first-order valence-electron chi connectivity index (χ1n) is 7.31. The molecule has 2 N–H and O–H groups in total. The van der Waals surface area contributed by atoms with Crippen molar-refractivity contribution in [2.24, 2.45) is 5.41 Å². The zero-order valence-corrected chi connectivity index (χ0v) is 12.5. The summed E-state index contributed by atoms with van der Waals surface area (Å²) in [5.41, 5.74) is -0.792. The topological polar surface area (TPSA) is 82.8 Å². The van der Waals surface area contributed by atoms with Gasteiger partial charge in [-0.3, -0.25) is 4.79 Å². The molecule has 0 saturated carbocycles. The molecular weight excluding hydrogens is 272 g/mol. The minimum absolute atomic E-state index is 0.237. The Morgan fingerprint density at radius 2 is 2.33 bits per heavy atom. The van der Waals surface area contributed by atoms with Crippen LogP contribution in [0.3, 0.4) is 0 Å². The van der Waals surface area contributed by atoms with Crippen LogP contribution in [0.1, 0.15) is 44.9 Å². The molecule has 0 radical (unpaired) electrons. The van der Waals surface area contributed by atoms with Crippen LogP contribution in [0.5, 0.6) is 0 Å². The molecule has 2 amide bonds. The van der Waals surface area contributed by atoms with Crippen LogP contribution in [0.2, 0.25) is 0 Å². The first-order chi connectivity index (χ1) is 9.98. The number of carboxylic acid groups (broad SMARTS) is 1. The molecule has 1 saturated heterocycles. The van der Waals surface area contributed by atoms with Crippen LogP contribution in [0.4, 0.5) is 4.79 Å². The van der Waals surface area contributed by atoms with E-state index in [1.165, 1.54) is 0 Å². The first kappa shape index (κ1) is 15.4. The van der Waals surface area contributed by atoms with Gasteiger partial charge in [0.2, 0.25) is 0 Å². The number of carbonyl (C=O) groups is 2. The summed E-state index contributed by atoms with van der Waals surface area (Å²) in [5.74, 6) is -0.126. The summed E-state index contributed by atoms with van der Waals surface area (Å²) in [6, 6.07) is 3.09. The molecule has 6 heteroatoms. The summed E-state index contributed by atoms with van der Waals surface area (Å²) in [5, 5.41) is 12.3. The number of aliphatic carboxylic acids is 1. The van der Waals surface area contributed by atoms with Gasteiger partial charge in [0.1, 0.15) is 5.76 Å². The van der Waals surface area contributed by atoms with E-state index in [1.807, 2.05) is 13.8 Å². The molecule has 0 spiro atoms. The van der Waals surface area contributed by atoms with Gasteiger partial charge < -0.3 is 19.7 Å². The van der Waals surface area contributed by atoms with Crippen LogP contribution in [0.25, 0.3) is 0 Å². The van der Waals surface area contributed by atoms with Crippen LogP contribution >= 0.6 is 0 Å². The molecule has 2 atom stereocenters. The molecule has 1 aromatic heterocycles. The van der Waals surface area contributed by atoms with Gasteiger partial charge in [0.05, 0.1) is 17.7 Å². The number of carboxylic acids is 1. The Kier molecular flexibility index (Phi) is 4.55. The first-order valence-corrected chi connectivity index (χ1v) is 7.31. The molecule has 0 aromatic carbocycles. The van der Waals surface area contributed by atoms with Gasteiger partial charge in [0, 0.05) is 13.1 Å². The number of nitrogens with one attached hydrogen (secondary N) is 1. The number of urea groups is 1.